The van der Waals surface area contributed by atoms with Crippen LogP contribution >= 0.6 is 11.3 Å². The van der Waals surface area contributed by atoms with E-state index in [1.54, 1.807) is 11.3 Å². The van der Waals surface area contributed by atoms with Crippen LogP contribution in [0.25, 0.3) is 0 Å². The van der Waals surface area contributed by atoms with Gasteiger partial charge in [0.15, 0.2) is 0 Å². The molecule has 0 saturated carbocycles. The summed E-state index contributed by atoms with van der Waals surface area (Å²) in [5.74, 6) is 0.881. The van der Waals surface area contributed by atoms with Crippen LogP contribution in [-0.2, 0) is 6.42 Å². The summed E-state index contributed by atoms with van der Waals surface area (Å²) in [5.41, 5.74) is 9.10. The topological polar surface area (TPSA) is 48.1 Å². The molecule has 0 bridgehead atoms. The molecule has 0 aliphatic carbocycles. The van der Waals surface area contributed by atoms with Crippen LogP contribution in [0.2, 0.25) is 0 Å². The van der Waals surface area contributed by atoms with Gasteiger partial charge in [-0.2, -0.15) is 0 Å². The van der Waals surface area contributed by atoms with Crippen molar-refractivity contribution in [2.45, 2.75) is 19.4 Å². The van der Waals surface area contributed by atoms with E-state index in [9.17, 15) is 0 Å². The molecule has 2 N–H and O–H groups in total. The summed E-state index contributed by atoms with van der Waals surface area (Å²) in [6.45, 7) is 2.63. The van der Waals surface area contributed by atoms with E-state index in [2.05, 4.69) is 4.98 Å². The Morgan fingerprint density at radius 2 is 2.24 bits per heavy atom. The summed E-state index contributed by atoms with van der Waals surface area (Å²) in [4.78, 5) is 5.26. The third-order valence-corrected chi connectivity index (χ3v) is 3.32. The van der Waals surface area contributed by atoms with Gasteiger partial charge in [0, 0.05) is 29.1 Å². The lowest BCUT2D eigenvalue weighted by Gasteiger charge is -2.15. The maximum absolute atomic E-state index is 6.22. The summed E-state index contributed by atoms with van der Waals surface area (Å²) >= 11 is 1.63. The highest BCUT2D eigenvalue weighted by atomic mass is 32.1. The van der Waals surface area contributed by atoms with Crippen LogP contribution in [0.1, 0.15) is 23.4 Å². The van der Waals surface area contributed by atoms with Crippen molar-refractivity contribution in [1.82, 2.24) is 4.98 Å². The van der Waals surface area contributed by atoms with Gasteiger partial charge in [-0.05, 0) is 13.0 Å². The second kappa shape index (κ2) is 5.80. The fourth-order valence-electron chi connectivity index (χ4n) is 1.74. The summed E-state index contributed by atoms with van der Waals surface area (Å²) in [7, 11) is 0. The van der Waals surface area contributed by atoms with Crippen LogP contribution in [0.15, 0.2) is 36.0 Å². The van der Waals surface area contributed by atoms with E-state index in [4.69, 9.17) is 10.5 Å². The molecule has 1 unspecified atom stereocenters. The van der Waals surface area contributed by atoms with Crippen molar-refractivity contribution in [3.8, 4) is 5.75 Å². The smallest absolute Gasteiger partial charge is 0.124 e. The minimum atomic E-state index is -0.0433. The Hall–Kier alpha value is -1.39. The highest BCUT2D eigenvalue weighted by molar-refractivity contribution is 7.09. The second-order valence-electron chi connectivity index (χ2n) is 3.75. The molecule has 2 aromatic rings. The van der Waals surface area contributed by atoms with Crippen LogP contribution in [0.3, 0.4) is 0 Å². The fourth-order valence-corrected chi connectivity index (χ4v) is 2.40. The Morgan fingerprint density at radius 1 is 1.41 bits per heavy atom. The molecule has 1 aromatic carbocycles. The number of nitrogens with two attached hydrogens (primary N) is 1. The average Bonchev–Trinajstić information content (AvgIpc) is 2.83. The van der Waals surface area contributed by atoms with Crippen molar-refractivity contribution in [3.63, 3.8) is 0 Å². The Labute approximate surface area is 105 Å². The van der Waals surface area contributed by atoms with E-state index in [1.807, 2.05) is 42.9 Å². The van der Waals surface area contributed by atoms with E-state index < -0.39 is 0 Å². The second-order valence-corrected chi connectivity index (χ2v) is 4.72. The molecule has 0 amide bonds. The molecule has 0 fully saturated rings. The summed E-state index contributed by atoms with van der Waals surface area (Å²) in [6, 6.07) is 7.90. The maximum Gasteiger partial charge on any atom is 0.124 e. The first-order valence-electron chi connectivity index (χ1n) is 5.66. The molecule has 0 spiro atoms. The SMILES string of the molecule is CCOc1ccccc1C(N)Cc1cncs1. The minimum Gasteiger partial charge on any atom is -0.494 e. The molecule has 90 valence electrons. The van der Waals surface area contributed by atoms with Gasteiger partial charge in [0.05, 0.1) is 12.1 Å². The van der Waals surface area contributed by atoms with Gasteiger partial charge in [0.1, 0.15) is 5.75 Å². The first-order valence-corrected chi connectivity index (χ1v) is 6.54. The van der Waals surface area contributed by atoms with E-state index >= 15 is 0 Å². The Balaban J connectivity index is 2.15. The number of thiazole rings is 1. The molecule has 1 aromatic heterocycles. The zero-order valence-corrected chi connectivity index (χ0v) is 10.6. The number of ether oxygens (including phenoxy) is 1. The number of aromatic nitrogens is 1. The van der Waals surface area contributed by atoms with E-state index in [-0.39, 0.29) is 6.04 Å². The van der Waals surface area contributed by atoms with Gasteiger partial charge in [-0.1, -0.05) is 18.2 Å². The van der Waals surface area contributed by atoms with Gasteiger partial charge in [-0.25, -0.2) is 0 Å². The lowest BCUT2D eigenvalue weighted by atomic mass is 10.0. The maximum atomic E-state index is 6.22. The van der Waals surface area contributed by atoms with Crippen LogP contribution in [0, 0.1) is 0 Å². The zero-order valence-electron chi connectivity index (χ0n) is 9.80. The van der Waals surface area contributed by atoms with Crippen LogP contribution in [0.5, 0.6) is 5.75 Å². The number of para-hydroxylation sites is 1. The van der Waals surface area contributed by atoms with Crippen molar-refractivity contribution in [2.75, 3.05) is 6.61 Å². The van der Waals surface area contributed by atoms with Gasteiger partial charge < -0.3 is 10.5 Å². The lowest BCUT2D eigenvalue weighted by Crippen LogP contribution is -2.14. The highest BCUT2D eigenvalue weighted by Crippen LogP contribution is 2.26. The monoisotopic (exact) mass is 248 g/mol. The summed E-state index contributed by atoms with van der Waals surface area (Å²) < 4.78 is 5.59. The van der Waals surface area contributed by atoms with Crippen LogP contribution in [0.4, 0.5) is 0 Å². The molecule has 0 aliphatic rings. The Kier molecular flexibility index (Phi) is 4.12. The fraction of sp³-hybridized carbons (Fsp3) is 0.308. The quantitative estimate of drug-likeness (QED) is 0.885. The van der Waals surface area contributed by atoms with Crippen molar-refractivity contribution in [1.29, 1.82) is 0 Å². The number of rotatable bonds is 5. The van der Waals surface area contributed by atoms with Crippen LogP contribution in [-0.4, -0.2) is 11.6 Å². The lowest BCUT2D eigenvalue weighted by molar-refractivity contribution is 0.334. The first-order chi connectivity index (χ1) is 8.31. The predicted octanol–water partition coefficient (Wildman–Crippen LogP) is 2.78. The molecule has 17 heavy (non-hydrogen) atoms. The van der Waals surface area contributed by atoms with Gasteiger partial charge in [0.2, 0.25) is 0 Å². The molecule has 1 atom stereocenters. The molecule has 2 rings (SSSR count). The Morgan fingerprint density at radius 3 is 2.94 bits per heavy atom. The van der Waals surface area contributed by atoms with Gasteiger partial charge in [-0.3, -0.25) is 4.98 Å². The van der Waals surface area contributed by atoms with E-state index in [1.165, 1.54) is 4.88 Å². The molecule has 1 heterocycles. The van der Waals surface area contributed by atoms with Crippen molar-refractivity contribution in [3.05, 3.63) is 46.4 Å². The van der Waals surface area contributed by atoms with Crippen molar-refractivity contribution >= 4 is 11.3 Å². The van der Waals surface area contributed by atoms with Gasteiger partial charge in [0.25, 0.3) is 0 Å². The first kappa shape index (κ1) is 12.1. The molecular weight excluding hydrogens is 232 g/mol. The largest absolute Gasteiger partial charge is 0.494 e. The molecule has 0 aliphatic heterocycles. The van der Waals surface area contributed by atoms with Gasteiger partial charge in [-0.15, -0.1) is 11.3 Å². The number of hydrogen-bond donors (Lipinski definition) is 1. The molecule has 0 saturated heterocycles. The number of benzene rings is 1. The standard InChI is InChI=1S/C13H16N2OS/c1-2-16-13-6-4-3-5-11(13)12(14)7-10-8-15-9-17-10/h3-6,8-9,12H,2,7,14H2,1H3. The van der Waals surface area contributed by atoms with E-state index in [0.717, 1.165) is 17.7 Å². The van der Waals surface area contributed by atoms with Crippen molar-refractivity contribution in [2.24, 2.45) is 5.73 Å². The summed E-state index contributed by atoms with van der Waals surface area (Å²) in [6.07, 6.45) is 2.67. The normalized spacial score (nSPS) is 12.4. The zero-order chi connectivity index (χ0) is 12.1. The van der Waals surface area contributed by atoms with Crippen LogP contribution < -0.4 is 10.5 Å². The molecule has 0 radical (unpaired) electrons. The van der Waals surface area contributed by atoms with Crippen molar-refractivity contribution < 1.29 is 4.74 Å². The average molecular weight is 248 g/mol. The van der Waals surface area contributed by atoms with Gasteiger partial charge >= 0.3 is 0 Å². The molecule has 3 nitrogen and oxygen atoms in total. The number of hydrogen-bond acceptors (Lipinski definition) is 4. The third kappa shape index (κ3) is 3.05. The number of nitrogens with zero attached hydrogens (tertiary/aromatic N) is 1. The Bertz CT molecular complexity index is 456. The minimum absolute atomic E-state index is 0.0433. The molecular formula is C13H16N2OS. The van der Waals surface area contributed by atoms with E-state index in [0.29, 0.717) is 6.61 Å². The third-order valence-electron chi connectivity index (χ3n) is 2.52. The summed E-state index contributed by atoms with van der Waals surface area (Å²) in [5, 5.41) is 0. The predicted molar refractivity (Wildman–Crippen MR) is 70.4 cm³/mol. The highest BCUT2D eigenvalue weighted by Gasteiger charge is 2.12. The molecule has 4 heteroatoms.